The molecule has 2 heterocycles. The molecule has 0 unspecified atom stereocenters. The Morgan fingerprint density at radius 2 is 1.86 bits per heavy atom. The van der Waals surface area contributed by atoms with E-state index in [0.29, 0.717) is 12.5 Å². The lowest BCUT2D eigenvalue weighted by atomic mass is 9.82. The van der Waals surface area contributed by atoms with Crippen LogP contribution in [-0.4, -0.2) is 14.8 Å². The van der Waals surface area contributed by atoms with Gasteiger partial charge in [-0.15, -0.1) is 0 Å². The molecule has 0 fully saturated rings. The smallest absolute Gasteiger partial charge is 0.259 e. The van der Waals surface area contributed by atoms with E-state index in [9.17, 15) is 4.79 Å². The Labute approximate surface area is 171 Å². The molecule has 0 aliphatic carbocycles. The number of benzene rings is 2. The van der Waals surface area contributed by atoms with Crippen molar-refractivity contribution in [1.29, 1.82) is 0 Å². The Kier molecular flexibility index (Phi) is 4.60. The van der Waals surface area contributed by atoms with Crippen LogP contribution < -0.4 is 5.56 Å². The van der Waals surface area contributed by atoms with E-state index in [0.717, 1.165) is 32.9 Å². The maximum Gasteiger partial charge on any atom is 0.259 e. The second-order valence-corrected chi connectivity index (χ2v) is 9.32. The van der Waals surface area contributed by atoms with Gasteiger partial charge >= 0.3 is 0 Å². The SMILES string of the molecule is Cc1ccc2c(Cn3ccc4cccc(C(C)C)c4c3=O)n[nH]c2c1C(C)(C)C. The van der Waals surface area contributed by atoms with Crippen LogP contribution in [0.1, 0.15) is 62.9 Å². The van der Waals surface area contributed by atoms with Crippen molar-refractivity contribution in [3.8, 4) is 0 Å². The fourth-order valence-corrected chi connectivity index (χ4v) is 4.46. The molecule has 150 valence electrons. The molecule has 0 saturated carbocycles. The van der Waals surface area contributed by atoms with Crippen LogP contribution in [-0.2, 0) is 12.0 Å². The Morgan fingerprint density at radius 1 is 1.10 bits per heavy atom. The van der Waals surface area contributed by atoms with Gasteiger partial charge in [-0.05, 0) is 46.4 Å². The Balaban J connectivity index is 1.86. The van der Waals surface area contributed by atoms with Crippen molar-refractivity contribution >= 4 is 21.7 Å². The number of aromatic amines is 1. The average Bonchev–Trinajstić information content (AvgIpc) is 3.04. The molecule has 0 spiro atoms. The number of rotatable bonds is 3. The van der Waals surface area contributed by atoms with Crippen LogP contribution >= 0.6 is 0 Å². The van der Waals surface area contributed by atoms with Gasteiger partial charge in [0, 0.05) is 11.6 Å². The lowest BCUT2D eigenvalue weighted by Gasteiger charge is -2.22. The van der Waals surface area contributed by atoms with E-state index in [1.165, 1.54) is 11.1 Å². The Hall–Kier alpha value is -2.88. The maximum absolute atomic E-state index is 13.3. The highest BCUT2D eigenvalue weighted by Gasteiger charge is 2.22. The first-order valence-corrected chi connectivity index (χ1v) is 10.3. The van der Waals surface area contributed by atoms with Crippen LogP contribution in [0, 0.1) is 6.92 Å². The third-order valence-electron chi connectivity index (χ3n) is 5.76. The summed E-state index contributed by atoms with van der Waals surface area (Å²) >= 11 is 0. The van der Waals surface area contributed by atoms with Gasteiger partial charge in [0.25, 0.3) is 5.56 Å². The van der Waals surface area contributed by atoms with Crippen molar-refractivity contribution in [3.63, 3.8) is 0 Å². The number of nitrogens with zero attached hydrogens (tertiary/aromatic N) is 2. The number of hydrogen-bond acceptors (Lipinski definition) is 2. The summed E-state index contributed by atoms with van der Waals surface area (Å²) in [6.07, 6.45) is 1.88. The summed E-state index contributed by atoms with van der Waals surface area (Å²) < 4.78 is 1.78. The zero-order valence-electron chi connectivity index (χ0n) is 18.1. The first kappa shape index (κ1) is 19.4. The number of fused-ring (bicyclic) bond motifs is 2. The molecule has 2 aromatic heterocycles. The van der Waals surface area contributed by atoms with Gasteiger partial charge in [0.05, 0.1) is 23.1 Å². The Bertz CT molecular complexity index is 1270. The molecule has 0 aliphatic rings. The molecule has 4 nitrogen and oxygen atoms in total. The van der Waals surface area contributed by atoms with Gasteiger partial charge in [-0.25, -0.2) is 0 Å². The quantitative estimate of drug-likeness (QED) is 0.493. The van der Waals surface area contributed by atoms with Gasteiger partial charge in [-0.1, -0.05) is 65.0 Å². The van der Waals surface area contributed by atoms with Gasteiger partial charge < -0.3 is 4.57 Å². The molecular weight excluding hydrogens is 358 g/mol. The topological polar surface area (TPSA) is 50.7 Å². The van der Waals surface area contributed by atoms with E-state index < -0.39 is 0 Å². The monoisotopic (exact) mass is 387 g/mol. The van der Waals surface area contributed by atoms with Crippen LogP contribution in [0.3, 0.4) is 0 Å². The number of nitrogens with one attached hydrogen (secondary N) is 1. The minimum atomic E-state index is 0.0132. The summed E-state index contributed by atoms with van der Waals surface area (Å²) in [5.74, 6) is 0.297. The molecular formula is C25H29N3O. The molecule has 0 saturated heterocycles. The number of hydrogen-bond donors (Lipinski definition) is 1. The summed E-state index contributed by atoms with van der Waals surface area (Å²) in [7, 11) is 0. The fourth-order valence-electron chi connectivity index (χ4n) is 4.46. The Morgan fingerprint density at radius 3 is 2.55 bits per heavy atom. The van der Waals surface area contributed by atoms with Gasteiger partial charge in [0.2, 0.25) is 0 Å². The molecule has 4 heteroatoms. The molecule has 4 aromatic rings. The molecule has 0 aliphatic heterocycles. The average molecular weight is 388 g/mol. The minimum absolute atomic E-state index is 0.0132. The van der Waals surface area contributed by atoms with Gasteiger partial charge in [-0.3, -0.25) is 9.89 Å². The van der Waals surface area contributed by atoms with Crippen LogP contribution in [0.2, 0.25) is 0 Å². The zero-order chi connectivity index (χ0) is 20.9. The largest absolute Gasteiger partial charge is 0.309 e. The second kappa shape index (κ2) is 6.87. The summed E-state index contributed by atoms with van der Waals surface area (Å²) in [5, 5.41) is 10.7. The van der Waals surface area contributed by atoms with Gasteiger partial charge in [0.15, 0.2) is 0 Å². The summed E-state index contributed by atoms with van der Waals surface area (Å²) in [6.45, 7) is 13.5. The molecule has 0 atom stereocenters. The number of aryl methyl sites for hydroxylation is 1. The molecule has 2 aromatic carbocycles. The van der Waals surface area contributed by atoms with Crippen LogP contribution in [0.5, 0.6) is 0 Å². The standard InChI is InChI=1S/C25H29N3O/c1-15(2)18-9-7-8-17-12-13-28(24(29)21(17)18)14-20-19-11-10-16(3)22(25(4,5)6)23(19)27-26-20/h7-13,15H,14H2,1-6H3,(H,26,27). The minimum Gasteiger partial charge on any atom is -0.309 e. The normalized spacial score (nSPS) is 12.4. The van der Waals surface area contributed by atoms with E-state index in [1.54, 1.807) is 4.57 Å². The molecule has 29 heavy (non-hydrogen) atoms. The van der Waals surface area contributed by atoms with E-state index in [4.69, 9.17) is 0 Å². The molecule has 0 radical (unpaired) electrons. The van der Waals surface area contributed by atoms with E-state index >= 15 is 0 Å². The van der Waals surface area contributed by atoms with Crippen molar-refractivity contribution in [3.05, 3.63) is 75.3 Å². The van der Waals surface area contributed by atoms with Crippen molar-refractivity contribution < 1.29 is 0 Å². The van der Waals surface area contributed by atoms with Crippen molar-refractivity contribution in [2.75, 3.05) is 0 Å². The number of H-pyrrole nitrogens is 1. The zero-order valence-corrected chi connectivity index (χ0v) is 18.1. The first-order chi connectivity index (χ1) is 13.7. The number of aromatic nitrogens is 3. The highest BCUT2D eigenvalue weighted by atomic mass is 16.1. The van der Waals surface area contributed by atoms with Crippen LogP contribution in [0.15, 0.2) is 47.4 Å². The van der Waals surface area contributed by atoms with Gasteiger partial charge in [-0.2, -0.15) is 5.10 Å². The predicted molar refractivity (Wildman–Crippen MR) is 121 cm³/mol. The fraction of sp³-hybridized carbons (Fsp3) is 0.360. The number of pyridine rings is 1. The van der Waals surface area contributed by atoms with Crippen molar-refractivity contribution in [2.24, 2.45) is 0 Å². The highest BCUT2D eigenvalue weighted by molar-refractivity contribution is 5.87. The van der Waals surface area contributed by atoms with E-state index in [2.05, 4.69) is 69.9 Å². The van der Waals surface area contributed by atoms with Crippen molar-refractivity contribution in [1.82, 2.24) is 14.8 Å². The van der Waals surface area contributed by atoms with Gasteiger partial charge in [0.1, 0.15) is 0 Å². The predicted octanol–water partition coefficient (Wildman–Crippen LogP) is 5.66. The van der Waals surface area contributed by atoms with Crippen LogP contribution in [0.4, 0.5) is 0 Å². The second-order valence-electron chi connectivity index (χ2n) is 9.32. The third-order valence-corrected chi connectivity index (χ3v) is 5.76. The van der Waals surface area contributed by atoms with E-state index in [1.807, 2.05) is 24.4 Å². The first-order valence-electron chi connectivity index (χ1n) is 10.3. The molecule has 0 bridgehead atoms. The summed E-state index contributed by atoms with van der Waals surface area (Å²) in [4.78, 5) is 13.3. The lowest BCUT2D eigenvalue weighted by Crippen LogP contribution is -2.21. The highest BCUT2D eigenvalue weighted by Crippen LogP contribution is 2.33. The summed E-state index contributed by atoms with van der Waals surface area (Å²) in [5.41, 5.74) is 5.66. The van der Waals surface area contributed by atoms with E-state index in [-0.39, 0.29) is 11.0 Å². The molecule has 4 rings (SSSR count). The molecule has 1 N–H and O–H groups in total. The summed E-state index contributed by atoms with van der Waals surface area (Å²) in [6, 6.07) is 12.4. The van der Waals surface area contributed by atoms with Crippen LogP contribution in [0.25, 0.3) is 21.7 Å². The van der Waals surface area contributed by atoms with Crippen molar-refractivity contribution in [2.45, 2.75) is 59.4 Å². The third kappa shape index (κ3) is 3.27. The lowest BCUT2D eigenvalue weighted by molar-refractivity contribution is 0.590. The molecule has 0 amide bonds. The maximum atomic E-state index is 13.3.